The standard InChI is InChI=1S/4C4H8O2.Pb/c4*1-2-3-4(5)6;/h4*2-3H2,1H3,(H,5,6);/p-4. The number of hydrogen-bond donors (Lipinski definition) is 0. The van der Waals surface area contributed by atoms with Crippen molar-refractivity contribution in [3.05, 3.63) is 0 Å². The summed E-state index contributed by atoms with van der Waals surface area (Å²) in [6, 6.07) is 0. The Morgan fingerprint density at radius 2 is 0.600 bits per heavy atom. The summed E-state index contributed by atoms with van der Waals surface area (Å²) < 4.78 is 0. The molecule has 0 saturated carbocycles. The van der Waals surface area contributed by atoms with Gasteiger partial charge in [-0.25, -0.2) is 0 Å². The van der Waals surface area contributed by atoms with Crippen LogP contribution in [0.15, 0.2) is 0 Å². The van der Waals surface area contributed by atoms with Crippen molar-refractivity contribution in [1.29, 1.82) is 0 Å². The van der Waals surface area contributed by atoms with E-state index >= 15 is 0 Å². The molecule has 25 heavy (non-hydrogen) atoms. The fourth-order valence-corrected chi connectivity index (χ4v) is 0.816. The largest absolute Gasteiger partial charge is 0.550 e. The molecule has 8 nitrogen and oxygen atoms in total. The minimum atomic E-state index is -0.961. The van der Waals surface area contributed by atoms with Gasteiger partial charge in [0.05, 0.1) is 0 Å². The quantitative estimate of drug-likeness (QED) is 0.304. The van der Waals surface area contributed by atoms with Crippen molar-refractivity contribution in [3.8, 4) is 0 Å². The van der Waals surface area contributed by atoms with E-state index in [1.165, 1.54) is 0 Å². The molecule has 0 aromatic rings. The van der Waals surface area contributed by atoms with Gasteiger partial charge < -0.3 is 39.6 Å². The molecule has 0 fully saturated rings. The van der Waals surface area contributed by atoms with Crippen molar-refractivity contribution in [1.82, 2.24) is 0 Å². The number of rotatable bonds is 8. The fraction of sp³-hybridized carbons (Fsp3) is 0.750. The molecule has 0 bridgehead atoms. The van der Waals surface area contributed by atoms with Crippen LogP contribution in [0, 0.1) is 0 Å². The van der Waals surface area contributed by atoms with Gasteiger partial charge in [0.1, 0.15) is 0 Å². The predicted molar refractivity (Wildman–Crippen MR) is 85.4 cm³/mol. The Labute approximate surface area is 169 Å². The van der Waals surface area contributed by atoms with E-state index in [-0.39, 0.29) is 53.0 Å². The monoisotopic (exact) mass is 556 g/mol. The molecule has 0 aromatic heterocycles. The number of hydrogen-bond acceptors (Lipinski definition) is 8. The first-order valence-electron chi connectivity index (χ1n) is 7.88. The van der Waals surface area contributed by atoms with Crippen LogP contribution < -0.4 is 20.4 Å². The molecule has 0 spiro atoms. The molecule has 0 atom stereocenters. The van der Waals surface area contributed by atoms with Crippen molar-refractivity contribution < 1.29 is 39.6 Å². The fourth-order valence-electron chi connectivity index (χ4n) is 0.816. The zero-order chi connectivity index (χ0) is 20.0. The molecular weight excluding hydrogens is 527 g/mol. The number of carboxylic acids is 4. The van der Waals surface area contributed by atoms with E-state index in [0.717, 1.165) is 0 Å². The second-order valence-electron chi connectivity index (χ2n) is 4.49. The van der Waals surface area contributed by atoms with Crippen LogP contribution >= 0.6 is 0 Å². The summed E-state index contributed by atoms with van der Waals surface area (Å²) in [7, 11) is 0. The molecular formula is C16H28O8Pb-4. The van der Waals surface area contributed by atoms with Gasteiger partial charge in [0.25, 0.3) is 0 Å². The Hall–Kier alpha value is -1.20. The number of carbonyl (C=O) groups is 4. The van der Waals surface area contributed by atoms with Crippen LogP contribution in [0.25, 0.3) is 0 Å². The molecule has 4 radical (unpaired) electrons. The molecule has 0 aliphatic rings. The van der Waals surface area contributed by atoms with Gasteiger partial charge in [-0.05, 0) is 25.7 Å². The first-order chi connectivity index (χ1) is 11.1. The van der Waals surface area contributed by atoms with Gasteiger partial charge in [0.2, 0.25) is 0 Å². The van der Waals surface area contributed by atoms with Crippen LogP contribution in [-0.2, 0) is 19.2 Å². The topological polar surface area (TPSA) is 161 Å². The summed E-state index contributed by atoms with van der Waals surface area (Å²) >= 11 is 0. The zero-order valence-corrected chi connectivity index (χ0v) is 19.3. The summed E-state index contributed by atoms with van der Waals surface area (Å²) in [5.41, 5.74) is 0. The number of carboxylic acid groups (broad SMARTS) is 4. The maximum Gasteiger partial charge on any atom is 0.0414 e. The molecule has 0 aliphatic carbocycles. The van der Waals surface area contributed by atoms with Gasteiger partial charge in [-0.15, -0.1) is 0 Å². The van der Waals surface area contributed by atoms with E-state index in [4.69, 9.17) is 0 Å². The van der Waals surface area contributed by atoms with Crippen molar-refractivity contribution in [2.45, 2.75) is 79.1 Å². The minimum absolute atomic E-state index is 0. The Kier molecular flexibility index (Phi) is 42.9. The molecule has 0 rings (SSSR count). The zero-order valence-electron chi connectivity index (χ0n) is 15.4. The Morgan fingerprint density at radius 3 is 0.600 bits per heavy atom. The van der Waals surface area contributed by atoms with Crippen molar-refractivity contribution in [3.63, 3.8) is 0 Å². The van der Waals surface area contributed by atoms with E-state index in [2.05, 4.69) is 0 Å². The van der Waals surface area contributed by atoms with E-state index < -0.39 is 23.9 Å². The van der Waals surface area contributed by atoms with E-state index in [9.17, 15) is 39.6 Å². The summed E-state index contributed by atoms with van der Waals surface area (Å²) in [6.45, 7) is 7.21. The molecule has 0 heterocycles. The minimum Gasteiger partial charge on any atom is -0.550 e. The van der Waals surface area contributed by atoms with Crippen LogP contribution in [0.4, 0.5) is 0 Å². The molecule has 9 heteroatoms. The summed E-state index contributed by atoms with van der Waals surface area (Å²) in [4.78, 5) is 38.0. The van der Waals surface area contributed by atoms with Crippen LogP contribution in [-0.4, -0.2) is 51.2 Å². The van der Waals surface area contributed by atoms with Gasteiger partial charge in [-0.1, -0.05) is 53.4 Å². The maximum absolute atomic E-state index is 9.49. The third-order valence-electron chi connectivity index (χ3n) is 1.82. The van der Waals surface area contributed by atoms with Crippen molar-refractivity contribution in [2.24, 2.45) is 0 Å². The molecule has 0 saturated heterocycles. The van der Waals surface area contributed by atoms with Gasteiger partial charge in [-0.2, -0.15) is 0 Å². The van der Waals surface area contributed by atoms with Gasteiger partial charge in [0, 0.05) is 51.2 Å². The third-order valence-corrected chi connectivity index (χ3v) is 1.82. The SMILES string of the molecule is CCCC(=O)[O-].CCCC(=O)[O-].CCCC(=O)[O-].CCCC(=O)[O-].[Pb]. The summed E-state index contributed by atoms with van der Waals surface area (Å²) in [6.07, 6.45) is 3.40. The average Bonchev–Trinajstić information content (AvgIpc) is 2.39. The molecule has 0 aliphatic heterocycles. The molecule has 0 amide bonds. The summed E-state index contributed by atoms with van der Waals surface area (Å²) in [5, 5.41) is 38.0. The molecule has 0 unspecified atom stereocenters. The molecule has 148 valence electrons. The predicted octanol–water partition coefficient (Wildman–Crippen LogP) is -2.24. The average molecular weight is 556 g/mol. The number of carbonyl (C=O) groups excluding carboxylic acids is 4. The van der Waals surface area contributed by atoms with E-state index in [1.807, 2.05) is 0 Å². The van der Waals surface area contributed by atoms with E-state index in [0.29, 0.717) is 25.7 Å². The van der Waals surface area contributed by atoms with Crippen LogP contribution in [0.5, 0.6) is 0 Å². The Bertz CT molecular complexity index is 268. The maximum atomic E-state index is 9.49. The van der Waals surface area contributed by atoms with Gasteiger partial charge >= 0.3 is 0 Å². The smallest absolute Gasteiger partial charge is 0.0414 e. The van der Waals surface area contributed by atoms with Crippen molar-refractivity contribution in [2.75, 3.05) is 0 Å². The second kappa shape index (κ2) is 30.7. The number of aliphatic carboxylic acids is 4. The Morgan fingerprint density at radius 1 is 0.480 bits per heavy atom. The van der Waals surface area contributed by atoms with Gasteiger partial charge in [0.15, 0.2) is 0 Å². The van der Waals surface area contributed by atoms with E-state index in [1.54, 1.807) is 27.7 Å². The van der Waals surface area contributed by atoms with Crippen LogP contribution in [0.3, 0.4) is 0 Å². The molecule has 0 N–H and O–H groups in total. The first-order valence-corrected chi connectivity index (χ1v) is 7.88. The van der Waals surface area contributed by atoms with Crippen molar-refractivity contribution >= 4 is 51.2 Å². The third kappa shape index (κ3) is 84.6. The molecule has 0 aromatic carbocycles. The van der Waals surface area contributed by atoms with Gasteiger partial charge in [-0.3, -0.25) is 0 Å². The normalized spacial score (nSPS) is 7.84. The first kappa shape index (κ1) is 35.0. The Balaban J connectivity index is -0.0000000702. The summed E-state index contributed by atoms with van der Waals surface area (Å²) in [5.74, 6) is -3.84. The second-order valence-corrected chi connectivity index (χ2v) is 4.49. The van der Waals surface area contributed by atoms with Crippen LogP contribution in [0.1, 0.15) is 79.1 Å². The van der Waals surface area contributed by atoms with Crippen LogP contribution in [0.2, 0.25) is 0 Å².